The molecular weight excluding hydrogens is 245 g/mol. The van der Waals surface area contributed by atoms with Crippen molar-refractivity contribution >= 4 is 28.5 Å². The van der Waals surface area contributed by atoms with Crippen molar-refractivity contribution in [2.24, 2.45) is 0 Å². The second kappa shape index (κ2) is 4.30. The van der Waals surface area contributed by atoms with Crippen LogP contribution >= 0.6 is 11.6 Å². The zero-order chi connectivity index (χ0) is 12.6. The van der Waals surface area contributed by atoms with Gasteiger partial charge in [-0.2, -0.15) is 0 Å². The van der Waals surface area contributed by atoms with Crippen molar-refractivity contribution in [1.29, 1.82) is 0 Å². The van der Waals surface area contributed by atoms with Crippen molar-refractivity contribution in [3.05, 3.63) is 40.3 Å². The molecule has 2 aromatic rings. The third-order valence-electron chi connectivity index (χ3n) is 2.51. The van der Waals surface area contributed by atoms with Crippen LogP contribution in [0.5, 0.6) is 0 Å². The van der Waals surface area contributed by atoms with Gasteiger partial charge in [-0.15, -0.1) is 0 Å². The Balaban J connectivity index is 2.79. The smallest absolute Gasteiger partial charge is 0.356 e. The van der Waals surface area contributed by atoms with E-state index in [9.17, 15) is 9.18 Å². The van der Waals surface area contributed by atoms with Gasteiger partial charge in [0.1, 0.15) is 5.82 Å². The Hall–Kier alpha value is -1.68. The fourth-order valence-electron chi connectivity index (χ4n) is 1.57. The minimum atomic E-state index is -0.600. The number of aryl methyl sites for hydroxylation is 1. The number of benzene rings is 1. The van der Waals surface area contributed by atoms with Crippen LogP contribution in [0.3, 0.4) is 0 Å². The van der Waals surface area contributed by atoms with Crippen molar-refractivity contribution in [3.8, 4) is 0 Å². The molecule has 88 valence electrons. The van der Waals surface area contributed by atoms with Crippen LogP contribution in [0.4, 0.5) is 4.39 Å². The molecular formula is C12H9ClFNO2. The van der Waals surface area contributed by atoms with Crippen LogP contribution in [0.2, 0.25) is 5.02 Å². The zero-order valence-electron chi connectivity index (χ0n) is 9.25. The summed E-state index contributed by atoms with van der Waals surface area (Å²) in [7, 11) is 1.25. The lowest BCUT2D eigenvalue weighted by Crippen LogP contribution is -2.05. The summed E-state index contributed by atoms with van der Waals surface area (Å²) in [5.74, 6) is -0.986. The molecule has 5 heteroatoms. The van der Waals surface area contributed by atoms with Gasteiger partial charge in [-0.25, -0.2) is 14.2 Å². The molecule has 1 heterocycles. The Kier molecular flexibility index (Phi) is 2.98. The van der Waals surface area contributed by atoms with E-state index in [2.05, 4.69) is 9.72 Å². The van der Waals surface area contributed by atoms with Gasteiger partial charge in [0, 0.05) is 10.9 Å². The van der Waals surface area contributed by atoms with Gasteiger partial charge in [-0.3, -0.25) is 0 Å². The first-order valence-electron chi connectivity index (χ1n) is 4.88. The van der Waals surface area contributed by atoms with Crippen molar-refractivity contribution < 1.29 is 13.9 Å². The number of esters is 1. The molecule has 0 amide bonds. The molecule has 2 rings (SSSR count). The number of halogens is 2. The molecule has 1 aromatic carbocycles. The van der Waals surface area contributed by atoms with E-state index in [1.807, 2.05) is 0 Å². The van der Waals surface area contributed by atoms with Gasteiger partial charge in [0.05, 0.1) is 17.6 Å². The van der Waals surface area contributed by atoms with Crippen LogP contribution in [-0.4, -0.2) is 18.1 Å². The Morgan fingerprint density at radius 1 is 1.47 bits per heavy atom. The first kappa shape index (κ1) is 11.8. The topological polar surface area (TPSA) is 39.2 Å². The number of hydrogen-bond donors (Lipinski definition) is 0. The Bertz CT molecular complexity index is 613. The summed E-state index contributed by atoms with van der Waals surface area (Å²) in [6.07, 6.45) is 0. The molecule has 0 unspecified atom stereocenters. The summed E-state index contributed by atoms with van der Waals surface area (Å²) >= 11 is 6.02. The molecule has 17 heavy (non-hydrogen) atoms. The maximum absolute atomic E-state index is 13.4. The van der Waals surface area contributed by atoms with E-state index in [0.717, 1.165) is 0 Å². The van der Waals surface area contributed by atoms with E-state index in [1.54, 1.807) is 6.92 Å². The number of pyridine rings is 1. The van der Waals surface area contributed by atoms with Gasteiger partial charge in [0.25, 0.3) is 0 Å². The number of hydrogen-bond acceptors (Lipinski definition) is 3. The number of fused-ring (bicyclic) bond motifs is 1. The Morgan fingerprint density at radius 3 is 2.82 bits per heavy atom. The minimum absolute atomic E-state index is 0.0682. The fraction of sp³-hybridized carbons (Fsp3) is 0.167. The van der Waals surface area contributed by atoms with Gasteiger partial charge in [0.2, 0.25) is 0 Å². The maximum Gasteiger partial charge on any atom is 0.356 e. The molecule has 0 atom stereocenters. The van der Waals surface area contributed by atoms with Crippen LogP contribution in [0.1, 0.15) is 16.1 Å². The van der Waals surface area contributed by atoms with E-state index in [0.29, 0.717) is 21.5 Å². The normalized spacial score (nSPS) is 10.6. The first-order chi connectivity index (χ1) is 8.04. The van der Waals surface area contributed by atoms with Crippen LogP contribution in [0, 0.1) is 12.7 Å². The molecule has 0 spiro atoms. The van der Waals surface area contributed by atoms with Crippen molar-refractivity contribution in [3.63, 3.8) is 0 Å². The molecule has 0 aliphatic carbocycles. The second-order valence-corrected chi connectivity index (χ2v) is 3.96. The minimum Gasteiger partial charge on any atom is -0.464 e. The standard InChI is InChI=1S/C12H9ClFNO2/c1-6-9(14)4-3-7-8(13)5-10(12(16)17-2)15-11(6)7/h3-5H,1-2H3. The van der Waals surface area contributed by atoms with Crippen molar-refractivity contribution in [2.75, 3.05) is 7.11 Å². The zero-order valence-corrected chi connectivity index (χ0v) is 10.0. The van der Waals surface area contributed by atoms with Gasteiger partial charge in [-0.1, -0.05) is 11.6 Å². The molecule has 0 aliphatic heterocycles. The molecule has 0 aliphatic rings. The van der Waals surface area contributed by atoms with Crippen molar-refractivity contribution in [2.45, 2.75) is 6.92 Å². The summed E-state index contributed by atoms with van der Waals surface area (Å²) in [4.78, 5) is 15.4. The lowest BCUT2D eigenvalue weighted by molar-refractivity contribution is 0.0594. The first-order valence-corrected chi connectivity index (χ1v) is 5.26. The lowest BCUT2D eigenvalue weighted by Gasteiger charge is -2.06. The molecule has 3 nitrogen and oxygen atoms in total. The largest absolute Gasteiger partial charge is 0.464 e. The highest BCUT2D eigenvalue weighted by Gasteiger charge is 2.14. The third kappa shape index (κ3) is 1.96. The molecule has 0 fully saturated rings. The summed E-state index contributed by atoms with van der Waals surface area (Å²) in [6, 6.07) is 4.27. The molecule has 0 bridgehead atoms. The SMILES string of the molecule is COC(=O)c1cc(Cl)c2ccc(F)c(C)c2n1. The van der Waals surface area contributed by atoms with E-state index in [-0.39, 0.29) is 11.5 Å². The fourth-order valence-corrected chi connectivity index (χ4v) is 1.83. The predicted octanol–water partition coefficient (Wildman–Crippen LogP) is 3.12. The lowest BCUT2D eigenvalue weighted by atomic mass is 10.1. The maximum atomic E-state index is 13.4. The number of carbonyl (C=O) groups is 1. The Labute approximate surface area is 102 Å². The molecule has 0 N–H and O–H groups in total. The van der Waals surface area contributed by atoms with E-state index in [1.165, 1.54) is 25.3 Å². The number of aromatic nitrogens is 1. The van der Waals surface area contributed by atoms with Gasteiger partial charge < -0.3 is 4.74 Å². The quantitative estimate of drug-likeness (QED) is 0.733. The summed E-state index contributed by atoms with van der Waals surface area (Å²) < 4.78 is 18.0. The number of carbonyl (C=O) groups excluding carboxylic acids is 1. The van der Waals surface area contributed by atoms with Crippen LogP contribution in [0.25, 0.3) is 10.9 Å². The molecule has 0 saturated carbocycles. The van der Waals surface area contributed by atoms with Crippen LogP contribution < -0.4 is 0 Å². The molecule has 0 radical (unpaired) electrons. The van der Waals surface area contributed by atoms with Gasteiger partial charge >= 0.3 is 5.97 Å². The summed E-state index contributed by atoms with van der Waals surface area (Å²) in [5, 5.41) is 0.955. The average Bonchev–Trinajstić information content (AvgIpc) is 2.33. The van der Waals surface area contributed by atoms with E-state index in [4.69, 9.17) is 11.6 Å². The average molecular weight is 254 g/mol. The third-order valence-corrected chi connectivity index (χ3v) is 2.83. The second-order valence-electron chi connectivity index (χ2n) is 3.55. The highest BCUT2D eigenvalue weighted by molar-refractivity contribution is 6.35. The van der Waals surface area contributed by atoms with Gasteiger partial charge in [0.15, 0.2) is 5.69 Å². The highest BCUT2D eigenvalue weighted by Crippen LogP contribution is 2.27. The Morgan fingerprint density at radius 2 is 2.18 bits per heavy atom. The van der Waals surface area contributed by atoms with Gasteiger partial charge in [-0.05, 0) is 25.1 Å². The number of rotatable bonds is 1. The van der Waals surface area contributed by atoms with Crippen LogP contribution in [-0.2, 0) is 4.74 Å². The summed E-state index contributed by atoms with van der Waals surface area (Å²) in [5.41, 5.74) is 0.798. The van der Waals surface area contributed by atoms with Crippen molar-refractivity contribution in [1.82, 2.24) is 4.98 Å². The molecule has 0 saturated heterocycles. The predicted molar refractivity (Wildman–Crippen MR) is 62.8 cm³/mol. The van der Waals surface area contributed by atoms with E-state index >= 15 is 0 Å². The monoisotopic (exact) mass is 253 g/mol. The number of ether oxygens (including phenoxy) is 1. The van der Waals surface area contributed by atoms with E-state index < -0.39 is 5.97 Å². The molecule has 1 aromatic heterocycles. The number of nitrogens with zero attached hydrogens (tertiary/aromatic N) is 1. The van der Waals surface area contributed by atoms with Crippen LogP contribution in [0.15, 0.2) is 18.2 Å². The highest BCUT2D eigenvalue weighted by atomic mass is 35.5. The summed E-state index contributed by atoms with van der Waals surface area (Å²) in [6.45, 7) is 1.59. The number of methoxy groups -OCH3 is 1.